The molecular weight excluding hydrogens is 285 g/mol. The van der Waals surface area contributed by atoms with Gasteiger partial charge in [0.2, 0.25) is 5.91 Å². The summed E-state index contributed by atoms with van der Waals surface area (Å²) in [5, 5.41) is 0. The van der Waals surface area contributed by atoms with Crippen LogP contribution in [0, 0.1) is 0 Å². The van der Waals surface area contributed by atoms with Gasteiger partial charge in [-0.15, -0.1) is 0 Å². The summed E-state index contributed by atoms with van der Waals surface area (Å²) in [7, 11) is 1.98. The summed E-state index contributed by atoms with van der Waals surface area (Å²) in [5.74, 6) is -0.379. The van der Waals surface area contributed by atoms with Crippen molar-refractivity contribution in [2.75, 3.05) is 38.1 Å². The van der Waals surface area contributed by atoms with E-state index in [1.165, 1.54) is 6.07 Å². The molecule has 0 bridgehead atoms. The number of hydrogen-bond acceptors (Lipinski definition) is 4. The van der Waals surface area contributed by atoms with Gasteiger partial charge < -0.3 is 15.5 Å². The van der Waals surface area contributed by atoms with E-state index in [0.29, 0.717) is 18.9 Å². The molecule has 1 fully saturated rings. The summed E-state index contributed by atoms with van der Waals surface area (Å²) in [4.78, 5) is 19.0. The number of amides is 1. The SMILES string of the molecule is CN1CCN(c2ccc(C(F)(F)F)c(CC(N)=O)n2)CC1. The highest BCUT2D eigenvalue weighted by Crippen LogP contribution is 2.32. The van der Waals surface area contributed by atoms with Gasteiger partial charge in [-0.3, -0.25) is 4.79 Å². The minimum Gasteiger partial charge on any atom is -0.369 e. The highest BCUT2D eigenvalue weighted by molar-refractivity contribution is 5.76. The van der Waals surface area contributed by atoms with Crippen molar-refractivity contribution in [2.24, 2.45) is 5.73 Å². The molecule has 116 valence electrons. The summed E-state index contributed by atoms with van der Waals surface area (Å²) in [5.41, 5.74) is 3.80. The van der Waals surface area contributed by atoms with Crippen LogP contribution in [-0.4, -0.2) is 49.0 Å². The number of piperazine rings is 1. The van der Waals surface area contributed by atoms with Gasteiger partial charge in [0.1, 0.15) is 5.82 Å². The molecular formula is C13H17F3N4O. The lowest BCUT2D eigenvalue weighted by Gasteiger charge is -2.33. The summed E-state index contributed by atoms with van der Waals surface area (Å²) < 4.78 is 38.7. The second-order valence-electron chi connectivity index (χ2n) is 5.09. The van der Waals surface area contributed by atoms with Crippen LogP contribution in [-0.2, 0) is 17.4 Å². The lowest BCUT2D eigenvalue weighted by molar-refractivity contribution is -0.138. The number of alkyl halides is 3. The number of pyridine rings is 1. The normalized spacial score (nSPS) is 17.0. The van der Waals surface area contributed by atoms with Gasteiger partial charge in [0.05, 0.1) is 17.7 Å². The molecule has 1 aliphatic heterocycles. The van der Waals surface area contributed by atoms with E-state index in [0.717, 1.165) is 19.2 Å². The molecule has 2 heterocycles. The molecule has 21 heavy (non-hydrogen) atoms. The van der Waals surface area contributed by atoms with E-state index in [1.807, 2.05) is 11.9 Å². The fraction of sp³-hybridized carbons (Fsp3) is 0.538. The Balaban J connectivity index is 2.30. The Morgan fingerprint density at radius 3 is 2.43 bits per heavy atom. The van der Waals surface area contributed by atoms with E-state index >= 15 is 0 Å². The van der Waals surface area contributed by atoms with Crippen molar-refractivity contribution >= 4 is 11.7 Å². The highest BCUT2D eigenvalue weighted by Gasteiger charge is 2.35. The first kappa shape index (κ1) is 15.6. The third-order valence-corrected chi connectivity index (χ3v) is 3.43. The maximum absolute atomic E-state index is 12.9. The minimum atomic E-state index is -4.54. The molecule has 0 radical (unpaired) electrons. The number of likely N-dealkylation sites (N-methyl/N-ethyl adjacent to an activating group) is 1. The van der Waals surface area contributed by atoms with Crippen molar-refractivity contribution in [1.29, 1.82) is 0 Å². The molecule has 1 aromatic heterocycles. The second-order valence-corrected chi connectivity index (χ2v) is 5.09. The lowest BCUT2D eigenvalue weighted by atomic mass is 10.1. The Hall–Kier alpha value is -1.83. The van der Waals surface area contributed by atoms with Crippen molar-refractivity contribution < 1.29 is 18.0 Å². The Bertz CT molecular complexity index is 525. The average Bonchev–Trinajstić information content (AvgIpc) is 2.37. The van der Waals surface area contributed by atoms with Gasteiger partial charge in [0.15, 0.2) is 0 Å². The molecule has 0 aromatic carbocycles. The first-order valence-corrected chi connectivity index (χ1v) is 6.56. The molecule has 1 saturated heterocycles. The molecule has 0 unspecified atom stereocenters. The van der Waals surface area contributed by atoms with Crippen molar-refractivity contribution in [3.63, 3.8) is 0 Å². The number of carbonyl (C=O) groups is 1. The third kappa shape index (κ3) is 3.84. The molecule has 8 heteroatoms. The zero-order valence-electron chi connectivity index (χ0n) is 11.7. The minimum absolute atomic E-state index is 0.313. The molecule has 0 saturated carbocycles. The monoisotopic (exact) mass is 302 g/mol. The summed E-state index contributed by atoms with van der Waals surface area (Å²) in [6, 6.07) is 2.32. The predicted molar refractivity (Wildman–Crippen MR) is 71.8 cm³/mol. The molecule has 1 amide bonds. The zero-order chi connectivity index (χ0) is 15.6. The zero-order valence-corrected chi connectivity index (χ0v) is 11.7. The van der Waals surface area contributed by atoms with Crippen LogP contribution in [0.25, 0.3) is 0 Å². The van der Waals surface area contributed by atoms with E-state index in [1.54, 1.807) is 0 Å². The van der Waals surface area contributed by atoms with E-state index in [9.17, 15) is 18.0 Å². The van der Waals surface area contributed by atoms with Crippen molar-refractivity contribution in [3.8, 4) is 0 Å². The fourth-order valence-corrected chi connectivity index (χ4v) is 2.26. The van der Waals surface area contributed by atoms with E-state index in [4.69, 9.17) is 5.73 Å². The highest BCUT2D eigenvalue weighted by atomic mass is 19.4. The van der Waals surface area contributed by atoms with Crippen LogP contribution in [0.3, 0.4) is 0 Å². The van der Waals surface area contributed by atoms with Gasteiger partial charge >= 0.3 is 6.18 Å². The number of carbonyl (C=O) groups excluding carboxylic acids is 1. The van der Waals surface area contributed by atoms with Gasteiger partial charge in [0.25, 0.3) is 0 Å². The molecule has 0 aliphatic carbocycles. The van der Waals surface area contributed by atoms with Crippen molar-refractivity contribution in [3.05, 3.63) is 23.4 Å². The van der Waals surface area contributed by atoms with Crippen molar-refractivity contribution in [2.45, 2.75) is 12.6 Å². The summed E-state index contributed by atoms with van der Waals surface area (Å²) >= 11 is 0. The number of hydrogen-bond donors (Lipinski definition) is 1. The van der Waals surface area contributed by atoms with Crippen LogP contribution >= 0.6 is 0 Å². The Kier molecular flexibility index (Phi) is 4.36. The van der Waals surface area contributed by atoms with Crippen LogP contribution in [0.15, 0.2) is 12.1 Å². The standard InChI is InChI=1S/C13H17F3N4O/c1-19-4-6-20(7-5-19)12-3-2-9(13(14,15)16)10(18-12)8-11(17)21/h2-3H,4-8H2,1H3,(H2,17,21). The fourth-order valence-electron chi connectivity index (χ4n) is 2.26. The summed E-state index contributed by atoms with van der Waals surface area (Å²) in [6.07, 6.45) is -5.06. The van der Waals surface area contributed by atoms with Crippen LogP contribution in [0.5, 0.6) is 0 Å². The summed E-state index contributed by atoms with van der Waals surface area (Å²) in [6.45, 7) is 3.00. The van der Waals surface area contributed by atoms with Gasteiger partial charge in [-0.1, -0.05) is 0 Å². The Labute approximate surface area is 120 Å². The number of nitrogens with zero attached hydrogens (tertiary/aromatic N) is 3. The quantitative estimate of drug-likeness (QED) is 0.900. The number of aromatic nitrogens is 1. The number of nitrogens with two attached hydrogens (primary N) is 1. The molecule has 1 aliphatic rings. The number of primary amides is 1. The molecule has 2 N–H and O–H groups in total. The maximum atomic E-state index is 12.9. The van der Waals surface area contributed by atoms with E-state index in [2.05, 4.69) is 9.88 Å². The third-order valence-electron chi connectivity index (χ3n) is 3.43. The Morgan fingerprint density at radius 2 is 1.90 bits per heavy atom. The van der Waals surface area contributed by atoms with Crippen LogP contribution in [0.4, 0.5) is 19.0 Å². The lowest BCUT2D eigenvalue weighted by Crippen LogP contribution is -2.45. The van der Waals surface area contributed by atoms with Crippen molar-refractivity contribution in [1.82, 2.24) is 9.88 Å². The molecule has 0 atom stereocenters. The molecule has 5 nitrogen and oxygen atoms in total. The Morgan fingerprint density at radius 1 is 1.29 bits per heavy atom. The van der Waals surface area contributed by atoms with Crippen LogP contribution in [0.1, 0.15) is 11.3 Å². The maximum Gasteiger partial charge on any atom is 0.418 e. The smallest absolute Gasteiger partial charge is 0.369 e. The van der Waals surface area contributed by atoms with Gasteiger partial charge in [-0.2, -0.15) is 13.2 Å². The van der Waals surface area contributed by atoms with Gasteiger partial charge in [0, 0.05) is 26.2 Å². The number of anilines is 1. The average molecular weight is 302 g/mol. The first-order valence-electron chi connectivity index (χ1n) is 6.56. The predicted octanol–water partition coefficient (Wildman–Crippen LogP) is 0.880. The van der Waals surface area contributed by atoms with Gasteiger partial charge in [-0.05, 0) is 19.2 Å². The van der Waals surface area contributed by atoms with E-state index < -0.39 is 24.1 Å². The van der Waals surface area contributed by atoms with Crippen LogP contribution < -0.4 is 10.6 Å². The first-order chi connectivity index (χ1) is 9.77. The molecule has 1 aromatic rings. The van der Waals surface area contributed by atoms with Gasteiger partial charge in [-0.25, -0.2) is 4.98 Å². The van der Waals surface area contributed by atoms with Crippen LogP contribution in [0.2, 0.25) is 0 Å². The second kappa shape index (κ2) is 5.88. The largest absolute Gasteiger partial charge is 0.418 e. The topological polar surface area (TPSA) is 62.5 Å². The molecule has 0 spiro atoms. The molecule has 2 rings (SSSR count). The number of halogens is 3. The number of rotatable bonds is 3. The van der Waals surface area contributed by atoms with E-state index in [-0.39, 0.29) is 5.69 Å².